The lowest BCUT2D eigenvalue weighted by Crippen LogP contribution is -2.61. The van der Waals surface area contributed by atoms with Gasteiger partial charge in [-0.1, -0.05) is 9.39 Å². The molecule has 1 heterocycles. The minimum Gasteiger partial charge on any atom is -0.453 e. The van der Waals surface area contributed by atoms with Crippen molar-refractivity contribution in [3.63, 3.8) is 0 Å². The Balaban J connectivity index is 2.83. The topological polar surface area (TPSA) is 49.9 Å². The van der Waals surface area contributed by atoms with Crippen molar-refractivity contribution in [1.82, 2.24) is 9.57 Å². The second-order valence-electron chi connectivity index (χ2n) is 3.57. The molecule has 0 aliphatic carbocycles. The van der Waals surface area contributed by atoms with Crippen LogP contribution in [-0.2, 0) is 9.53 Å². The van der Waals surface area contributed by atoms with E-state index < -0.39 is 11.6 Å². The number of nitrogens with zero attached hydrogens (tertiary/aromatic N) is 2. The molecule has 5 nitrogen and oxygen atoms in total. The molecule has 0 aromatic rings. The van der Waals surface area contributed by atoms with Gasteiger partial charge < -0.3 is 9.53 Å². The van der Waals surface area contributed by atoms with E-state index in [4.69, 9.17) is 0 Å². The van der Waals surface area contributed by atoms with Gasteiger partial charge in [-0.05, 0) is 6.92 Å². The van der Waals surface area contributed by atoms with Gasteiger partial charge in [0.25, 0.3) is 0 Å². The molecule has 1 saturated heterocycles. The van der Waals surface area contributed by atoms with Crippen LogP contribution in [0.3, 0.4) is 0 Å². The van der Waals surface area contributed by atoms with E-state index >= 15 is 0 Å². The summed E-state index contributed by atoms with van der Waals surface area (Å²) in [5.41, 5.74) is -0.785. The number of methoxy groups -OCH3 is 1. The zero-order chi connectivity index (χ0) is 10.8. The Hall–Kier alpha value is -0.670. The number of carbonyl (C=O) groups excluding carboxylic acids is 2. The molecule has 0 spiro atoms. The molecule has 14 heavy (non-hydrogen) atoms. The molecule has 1 amide bonds. The van der Waals surface area contributed by atoms with Crippen molar-refractivity contribution < 1.29 is 14.3 Å². The normalized spacial score (nSPS) is 28.6. The Morgan fingerprint density at radius 2 is 2.21 bits per heavy atom. The van der Waals surface area contributed by atoms with Crippen molar-refractivity contribution >= 4 is 21.8 Å². The number of hydrogen-bond donors (Lipinski definition) is 0. The van der Waals surface area contributed by atoms with Gasteiger partial charge in [-0.2, -0.15) is 0 Å². The summed E-state index contributed by atoms with van der Waals surface area (Å²) in [7, 11) is 3.86. The maximum atomic E-state index is 11.4. The SMILES string of the molecule is COC(=O)N1CCN(P)CC1(C)C=O. The second-order valence-corrected chi connectivity index (χ2v) is 4.30. The lowest BCUT2D eigenvalue weighted by atomic mass is 10.0. The van der Waals surface area contributed by atoms with Gasteiger partial charge >= 0.3 is 6.09 Å². The molecule has 1 fully saturated rings. The zero-order valence-electron chi connectivity index (χ0n) is 8.40. The summed E-state index contributed by atoms with van der Waals surface area (Å²) in [5.74, 6) is 0. The summed E-state index contributed by atoms with van der Waals surface area (Å²) in [6.07, 6.45) is 0.345. The van der Waals surface area contributed by atoms with Crippen molar-refractivity contribution in [3.05, 3.63) is 0 Å². The fourth-order valence-corrected chi connectivity index (χ4v) is 2.06. The van der Waals surface area contributed by atoms with E-state index in [-0.39, 0.29) is 0 Å². The molecular weight excluding hydrogens is 203 g/mol. The Bertz CT molecular complexity index is 249. The van der Waals surface area contributed by atoms with E-state index in [2.05, 4.69) is 14.1 Å². The fourth-order valence-electron chi connectivity index (χ4n) is 1.57. The summed E-state index contributed by atoms with van der Waals surface area (Å²) >= 11 is 0. The molecule has 2 atom stereocenters. The number of piperazine rings is 1. The van der Waals surface area contributed by atoms with E-state index in [9.17, 15) is 9.59 Å². The molecule has 0 radical (unpaired) electrons. The van der Waals surface area contributed by atoms with Crippen LogP contribution in [0.25, 0.3) is 0 Å². The number of aldehydes is 1. The van der Waals surface area contributed by atoms with Crippen LogP contribution >= 0.6 is 9.39 Å². The van der Waals surface area contributed by atoms with Crippen LogP contribution in [0.2, 0.25) is 0 Å². The van der Waals surface area contributed by atoms with Gasteiger partial charge in [-0.15, -0.1) is 0 Å². The molecule has 1 aliphatic heterocycles. The summed E-state index contributed by atoms with van der Waals surface area (Å²) in [4.78, 5) is 23.8. The van der Waals surface area contributed by atoms with Gasteiger partial charge in [0.05, 0.1) is 7.11 Å². The average molecular weight is 218 g/mol. The van der Waals surface area contributed by atoms with Crippen LogP contribution in [0.5, 0.6) is 0 Å². The van der Waals surface area contributed by atoms with Crippen LogP contribution in [0.1, 0.15) is 6.92 Å². The minimum atomic E-state index is -0.785. The smallest absolute Gasteiger partial charge is 0.410 e. The van der Waals surface area contributed by atoms with E-state index in [1.807, 2.05) is 4.67 Å². The van der Waals surface area contributed by atoms with Gasteiger partial charge in [0.15, 0.2) is 0 Å². The lowest BCUT2D eigenvalue weighted by Gasteiger charge is -2.43. The largest absolute Gasteiger partial charge is 0.453 e. The number of hydrogen-bond acceptors (Lipinski definition) is 4. The highest BCUT2D eigenvalue weighted by molar-refractivity contribution is 7.13. The number of amides is 1. The lowest BCUT2D eigenvalue weighted by molar-refractivity contribution is -0.119. The Labute approximate surface area is 85.6 Å². The van der Waals surface area contributed by atoms with Crippen LogP contribution in [0.15, 0.2) is 0 Å². The van der Waals surface area contributed by atoms with Gasteiger partial charge in [-0.25, -0.2) is 4.79 Å². The quantitative estimate of drug-likeness (QED) is 0.463. The molecule has 2 unspecified atom stereocenters. The van der Waals surface area contributed by atoms with E-state index in [1.165, 1.54) is 12.0 Å². The van der Waals surface area contributed by atoms with Gasteiger partial charge in [-0.3, -0.25) is 9.57 Å². The van der Waals surface area contributed by atoms with E-state index in [0.29, 0.717) is 13.1 Å². The molecule has 0 saturated carbocycles. The molecular formula is C8H15N2O3P. The monoisotopic (exact) mass is 218 g/mol. The first-order chi connectivity index (χ1) is 6.53. The standard InChI is InChI=1S/C8H15N2O3P/c1-8(6-11)5-9(14)3-4-10(8)7(12)13-2/h6H,3-5,14H2,1-2H3. The van der Waals surface area contributed by atoms with E-state index in [0.717, 1.165) is 12.8 Å². The number of carbonyl (C=O) groups is 2. The molecule has 80 valence electrons. The minimum absolute atomic E-state index is 0.447. The summed E-state index contributed by atoms with van der Waals surface area (Å²) < 4.78 is 6.56. The fraction of sp³-hybridized carbons (Fsp3) is 0.750. The maximum Gasteiger partial charge on any atom is 0.410 e. The first-order valence-electron chi connectivity index (χ1n) is 4.35. The highest BCUT2D eigenvalue weighted by atomic mass is 31.0. The summed E-state index contributed by atoms with van der Waals surface area (Å²) in [6.45, 7) is 3.47. The Kier molecular flexibility index (Phi) is 3.45. The molecule has 0 aromatic carbocycles. The highest BCUT2D eigenvalue weighted by Gasteiger charge is 2.40. The highest BCUT2D eigenvalue weighted by Crippen LogP contribution is 2.22. The maximum absolute atomic E-state index is 11.4. The van der Waals surface area contributed by atoms with Gasteiger partial charge in [0, 0.05) is 19.6 Å². The molecule has 1 aliphatic rings. The Morgan fingerprint density at radius 3 is 2.71 bits per heavy atom. The van der Waals surface area contributed by atoms with Crippen LogP contribution < -0.4 is 0 Å². The van der Waals surface area contributed by atoms with Crippen molar-refractivity contribution in [3.8, 4) is 0 Å². The molecule has 0 bridgehead atoms. The first kappa shape index (κ1) is 11.4. The Morgan fingerprint density at radius 1 is 1.57 bits per heavy atom. The molecule has 0 aromatic heterocycles. The summed E-state index contributed by atoms with van der Waals surface area (Å²) in [5, 5.41) is 0. The predicted molar refractivity (Wildman–Crippen MR) is 54.9 cm³/mol. The third-order valence-corrected chi connectivity index (χ3v) is 2.84. The average Bonchev–Trinajstić information content (AvgIpc) is 2.17. The second kappa shape index (κ2) is 4.24. The van der Waals surface area contributed by atoms with Crippen molar-refractivity contribution in [2.24, 2.45) is 0 Å². The number of rotatable bonds is 1. The van der Waals surface area contributed by atoms with Crippen LogP contribution in [-0.4, -0.2) is 54.2 Å². The van der Waals surface area contributed by atoms with Crippen LogP contribution in [0, 0.1) is 0 Å². The molecule has 6 heteroatoms. The molecule has 0 N–H and O–H groups in total. The van der Waals surface area contributed by atoms with E-state index in [1.54, 1.807) is 6.92 Å². The number of ether oxygens (including phenoxy) is 1. The predicted octanol–water partition coefficient (Wildman–Crippen LogP) is 0.118. The van der Waals surface area contributed by atoms with Crippen molar-refractivity contribution in [1.29, 1.82) is 0 Å². The molecule has 1 rings (SSSR count). The van der Waals surface area contributed by atoms with Gasteiger partial charge in [0.1, 0.15) is 11.8 Å². The first-order valence-corrected chi connectivity index (χ1v) is 4.86. The third kappa shape index (κ3) is 2.04. The zero-order valence-corrected chi connectivity index (χ0v) is 9.55. The third-order valence-electron chi connectivity index (χ3n) is 2.40. The van der Waals surface area contributed by atoms with Crippen LogP contribution in [0.4, 0.5) is 4.79 Å². The van der Waals surface area contributed by atoms with Gasteiger partial charge in [0.2, 0.25) is 0 Å². The summed E-state index contributed by atoms with van der Waals surface area (Å²) in [6, 6.07) is 0. The van der Waals surface area contributed by atoms with Crippen molar-refractivity contribution in [2.75, 3.05) is 26.7 Å². The van der Waals surface area contributed by atoms with Crippen molar-refractivity contribution in [2.45, 2.75) is 12.5 Å².